The van der Waals surface area contributed by atoms with E-state index in [1.807, 2.05) is 20.8 Å². The molecule has 0 fully saturated rings. The zero-order chi connectivity index (χ0) is 13.1. The van der Waals surface area contributed by atoms with Crippen molar-refractivity contribution in [3.05, 3.63) is 29.3 Å². The Bertz CT molecular complexity index is 433. The molecule has 17 heavy (non-hydrogen) atoms. The Labute approximate surface area is 101 Å². The molecule has 0 saturated carbocycles. The fourth-order valence-electron chi connectivity index (χ4n) is 1.38. The van der Waals surface area contributed by atoms with Gasteiger partial charge in [0.05, 0.1) is 12.7 Å². The van der Waals surface area contributed by atoms with Crippen LogP contribution in [0.4, 0.5) is 0 Å². The smallest absolute Gasteiger partial charge is 0.251 e. The molecule has 4 heteroatoms. The Kier molecular flexibility index (Phi) is 3.89. The number of carbonyl (C=O) groups is 2. The number of nitrogens with one attached hydrogen (secondary N) is 1. The van der Waals surface area contributed by atoms with Crippen LogP contribution < -0.4 is 10.1 Å². The molecular formula is C13H17NO3. The standard InChI is InChI=1S/C13H17NO3/c1-13(2,3)14-12(16)9-5-6-11(17-4)10(7-9)8-15/h5-8H,1-4H3,(H,14,16). The minimum Gasteiger partial charge on any atom is -0.496 e. The Balaban J connectivity index is 3.00. The van der Waals surface area contributed by atoms with Crippen molar-refractivity contribution in [2.24, 2.45) is 0 Å². The predicted octanol–water partition coefficient (Wildman–Crippen LogP) is 2.04. The number of carbonyl (C=O) groups excluding carboxylic acids is 2. The summed E-state index contributed by atoms with van der Waals surface area (Å²) < 4.78 is 5.01. The van der Waals surface area contributed by atoms with Crippen LogP contribution in [0.5, 0.6) is 5.75 Å². The van der Waals surface area contributed by atoms with E-state index in [9.17, 15) is 9.59 Å². The second-order valence-electron chi connectivity index (χ2n) is 4.78. The third-order valence-electron chi connectivity index (χ3n) is 2.11. The van der Waals surface area contributed by atoms with E-state index in [-0.39, 0.29) is 11.4 Å². The summed E-state index contributed by atoms with van der Waals surface area (Å²) in [5.74, 6) is 0.260. The van der Waals surface area contributed by atoms with Crippen LogP contribution in [-0.2, 0) is 0 Å². The summed E-state index contributed by atoms with van der Waals surface area (Å²) in [5.41, 5.74) is 0.509. The van der Waals surface area contributed by atoms with Gasteiger partial charge in [-0.05, 0) is 39.0 Å². The molecule has 0 heterocycles. The van der Waals surface area contributed by atoms with Crippen LogP contribution in [0, 0.1) is 0 Å². The maximum atomic E-state index is 11.9. The van der Waals surface area contributed by atoms with Gasteiger partial charge in [-0.1, -0.05) is 0 Å². The van der Waals surface area contributed by atoms with E-state index in [4.69, 9.17) is 4.74 Å². The van der Waals surface area contributed by atoms with Crippen LogP contribution in [0.15, 0.2) is 18.2 Å². The second-order valence-corrected chi connectivity index (χ2v) is 4.78. The van der Waals surface area contributed by atoms with Gasteiger partial charge in [0.1, 0.15) is 5.75 Å². The number of methoxy groups -OCH3 is 1. The van der Waals surface area contributed by atoms with E-state index in [0.717, 1.165) is 0 Å². The van der Waals surface area contributed by atoms with E-state index >= 15 is 0 Å². The molecular weight excluding hydrogens is 218 g/mol. The second kappa shape index (κ2) is 4.99. The quantitative estimate of drug-likeness (QED) is 0.816. The summed E-state index contributed by atoms with van der Waals surface area (Å²) in [4.78, 5) is 22.7. The molecule has 0 aliphatic heterocycles. The zero-order valence-electron chi connectivity index (χ0n) is 10.5. The number of amides is 1. The first-order valence-electron chi connectivity index (χ1n) is 5.33. The molecule has 1 N–H and O–H groups in total. The molecule has 0 spiro atoms. The van der Waals surface area contributed by atoms with E-state index in [2.05, 4.69) is 5.32 Å². The van der Waals surface area contributed by atoms with Crippen LogP contribution in [0.25, 0.3) is 0 Å². The fraction of sp³-hybridized carbons (Fsp3) is 0.385. The number of hydrogen-bond donors (Lipinski definition) is 1. The molecule has 1 aromatic carbocycles. The van der Waals surface area contributed by atoms with E-state index < -0.39 is 0 Å². The lowest BCUT2D eigenvalue weighted by atomic mass is 10.1. The number of benzene rings is 1. The van der Waals surface area contributed by atoms with Gasteiger partial charge in [-0.3, -0.25) is 9.59 Å². The van der Waals surface area contributed by atoms with Crippen LogP contribution in [0.1, 0.15) is 41.5 Å². The van der Waals surface area contributed by atoms with Gasteiger partial charge in [0, 0.05) is 11.1 Å². The van der Waals surface area contributed by atoms with Gasteiger partial charge in [-0.25, -0.2) is 0 Å². The van der Waals surface area contributed by atoms with Crippen molar-refractivity contribution < 1.29 is 14.3 Å². The highest BCUT2D eigenvalue weighted by Gasteiger charge is 2.16. The summed E-state index contributed by atoms with van der Waals surface area (Å²) in [7, 11) is 1.48. The van der Waals surface area contributed by atoms with Gasteiger partial charge in [-0.15, -0.1) is 0 Å². The van der Waals surface area contributed by atoms with Gasteiger partial charge in [0.2, 0.25) is 0 Å². The number of aldehydes is 1. The molecule has 0 unspecified atom stereocenters. The number of hydrogen-bond acceptors (Lipinski definition) is 3. The van der Waals surface area contributed by atoms with E-state index in [1.165, 1.54) is 13.2 Å². The van der Waals surface area contributed by atoms with Crippen molar-refractivity contribution in [3.8, 4) is 5.75 Å². The van der Waals surface area contributed by atoms with Crippen molar-refractivity contribution in [2.75, 3.05) is 7.11 Å². The predicted molar refractivity (Wildman–Crippen MR) is 65.6 cm³/mol. The highest BCUT2D eigenvalue weighted by molar-refractivity contribution is 5.96. The minimum atomic E-state index is -0.307. The maximum absolute atomic E-state index is 11.9. The normalized spacial score (nSPS) is 10.8. The summed E-state index contributed by atoms with van der Waals surface area (Å²) in [5, 5.41) is 2.83. The average Bonchev–Trinajstić information content (AvgIpc) is 2.25. The van der Waals surface area contributed by atoms with Crippen LogP contribution in [-0.4, -0.2) is 24.8 Å². The zero-order valence-corrected chi connectivity index (χ0v) is 10.5. The number of rotatable bonds is 3. The highest BCUT2D eigenvalue weighted by Crippen LogP contribution is 2.18. The molecule has 0 saturated heterocycles. The minimum absolute atomic E-state index is 0.205. The Morgan fingerprint density at radius 2 is 2.00 bits per heavy atom. The average molecular weight is 235 g/mol. The van der Waals surface area contributed by atoms with Crippen molar-refractivity contribution in [1.29, 1.82) is 0 Å². The van der Waals surface area contributed by atoms with Crippen molar-refractivity contribution in [1.82, 2.24) is 5.32 Å². The van der Waals surface area contributed by atoms with Gasteiger partial charge in [0.25, 0.3) is 5.91 Å². The van der Waals surface area contributed by atoms with Crippen LogP contribution in [0.3, 0.4) is 0 Å². The molecule has 4 nitrogen and oxygen atoms in total. The number of ether oxygens (including phenoxy) is 1. The fourth-order valence-corrected chi connectivity index (χ4v) is 1.38. The third kappa shape index (κ3) is 3.59. The summed E-state index contributed by atoms with van der Waals surface area (Å²) in [6.45, 7) is 5.69. The van der Waals surface area contributed by atoms with E-state index in [1.54, 1.807) is 12.1 Å². The molecule has 92 valence electrons. The van der Waals surface area contributed by atoms with Gasteiger partial charge >= 0.3 is 0 Å². The van der Waals surface area contributed by atoms with Crippen molar-refractivity contribution in [2.45, 2.75) is 26.3 Å². The topological polar surface area (TPSA) is 55.4 Å². The first-order chi connectivity index (χ1) is 7.87. The maximum Gasteiger partial charge on any atom is 0.251 e. The molecule has 0 aliphatic rings. The van der Waals surface area contributed by atoms with Crippen LogP contribution in [0.2, 0.25) is 0 Å². The van der Waals surface area contributed by atoms with Gasteiger partial charge in [-0.2, -0.15) is 0 Å². The molecule has 1 rings (SSSR count). The lowest BCUT2D eigenvalue weighted by Gasteiger charge is -2.20. The molecule has 0 bridgehead atoms. The SMILES string of the molecule is COc1ccc(C(=O)NC(C)(C)C)cc1C=O. The third-order valence-corrected chi connectivity index (χ3v) is 2.11. The molecule has 0 aliphatic carbocycles. The molecule has 0 aromatic heterocycles. The summed E-state index contributed by atoms with van der Waals surface area (Å²) >= 11 is 0. The van der Waals surface area contributed by atoms with Crippen LogP contribution >= 0.6 is 0 Å². The lowest BCUT2D eigenvalue weighted by Crippen LogP contribution is -2.40. The van der Waals surface area contributed by atoms with Crippen molar-refractivity contribution in [3.63, 3.8) is 0 Å². The Hall–Kier alpha value is -1.84. The van der Waals surface area contributed by atoms with Gasteiger partial charge < -0.3 is 10.1 Å². The Morgan fingerprint density at radius 3 is 2.47 bits per heavy atom. The Morgan fingerprint density at radius 1 is 1.35 bits per heavy atom. The largest absolute Gasteiger partial charge is 0.496 e. The monoisotopic (exact) mass is 235 g/mol. The lowest BCUT2D eigenvalue weighted by molar-refractivity contribution is 0.0919. The summed E-state index contributed by atoms with van der Waals surface area (Å²) in [6.07, 6.45) is 0.673. The van der Waals surface area contributed by atoms with E-state index in [0.29, 0.717) is 23.2 Å². The summed E-state index contributed by atoms with van der Waals surface area (Å²) in [6, 6.07) is 4.77. The molecule has 0 atom stereocenters. The molecule has 1 aromatic rings. The highest BCUT2D eigenvalue weighted by atomic mass is 16.5. The van der Waals surface area contributed by atoms with Gasteiger partial charge in [0.15, 0.2) is 6.29 Å². The molecule has 0 radical (unpaired) electrons. The van der Waals surface area contributed by atoms with Crippen molar-refractivity contribution >= 4 is 12.2 Å². The first-order valence-corrected chi connectivity index (χ1v) is 5.33. The molecule has 1 amide bonds. The first kappa shape index (κ1) is 13.2.